The number of rotatable bonds is 3. The van der Waals surface area contributed by atoms with E-state index in [0.717, 1.165) is 0 Å². The Bertz CT molecular complexity index is 670. The first-order chi connectivity index (χ1) is 13.6. The van der Waals surface area contributed by atoms with E-state index in [0.29, 0.717) is 38.5 Å². The summed E-state index contributed by atoms with van der Waals surface area (Å²) in [5.74, 6) is -1.58. The van der Waals surface area contributed by atoms with Crippen molar-refractivity contribution in [2.45, 2.75) is 88.6 Å². The molecule has 0 aromatic rings. The van der Waals surface area contributed by atoms with E-state index in [4.69, 9.17) is 4.74 Å². The van der Waals surface area contributed by atoms with Gasteiger partial charge in [0.2, 0.25) is 0 Å². The molecule has 0 aromatic heterocycles. The van der Waals surface area contributed by atoms with Crippen molar-refractivity contribution >= 4 is 5.97 Å². The van der Waals surface area contributed by atoms with Crippen LogP contribution in [0.3, 0.4) is 0 Å². The molecule has 4 rings (SSSR count). The number of esters is 1. The zero-order chi connectivity index (χ0) is 21.2. The molecule has 0 heterocycles. The van der Waals surface area contributed by atoms with Gasteiger partial charge in [-0.1, -0.05) is 6.92 Å². The van der Waals surface area contributed by atoms with Crippen molar-refractivity contribution in [1.29, 1.82) is 0 Å². The minimum absolute atomic E-state index is 0.185. The quantitative estimate of drug-likeness (QED) is 0.433. The van der Waals surface area contributed by atoms with Gasteiger partial charge >= 0.3 is 5.97 Å². The van der Waals surface area contributed by atoms with Crippen LogP contribution in [0.25, 0.3) is 0 Å². The largest absolute Gasteiger partial charge is 0.466 e. The van der Waals surface area contributed by atoms with Gasteiger partial charge < -0.3 is 30.3 Å². The van der Waals surface area contributed by atoms with E-state index in [1.54, 1.807) is 6.92 Å². The summed E-state index contributed by atoms with van der Waals surface area (Å²) in [6.07, 6.45) is 1.63. The highest BCUT2D eigenvalue weighted by Crippen LogP contribution is 2.69. The van der Waals surface area contributed by atoms with Crippen LogP contribution in [0.2, 0.25) is 0 Å². The monoisotopic (exact) mass is 412 g/mol. The van der Waals surface area contributed by atoms with Gasteiger partial charge in [0.25, 0.3) is 0 Å². The predicted octanol–water partition coefficient (Wildman–Crippen LogP) is 0.742. The molecule has 166 valence electrons. The Hall–Kier alpha value is -0.730. The summed E-state index contributed by atoms with van der Waals surface area (Å²) >= 11 is 0. The fourth-order valence-electron chi connectivity index (χ4n) is 8.02. The lowest BCUT2D eigenvalue weighted by Crippen LogP contribution is -2.72. The van der Waals surface area contributed by atoms with E-state index in [2.05, 4.69) is 0 Å². The normalized spacial score (nSPS) is 54.2. The molecule has 0 aromatic carbocycles. The summed E-state index contributed by atoms with van der Waals surface area (Å²) in [7, 11) is 0. The molecule has 7 heteroatoms. The highest BCUT2D eigenvalue weighted by molar-refractivity contribution is 5.74. The van der Waals surface area contributed by atoms with Crippen molar-refractivity contribution in [1.82, 2.24) is 0 Å². The van der Waals surface area contributed by atoms with Crippen LogP contribution in [0.1, 0.15) is 65.2 Å². The van der Waals surface area contributed by atoms with Gasteiger partial charge in [-0.2, -0.15) is 0 Å². The summed E-state index contributed by atoms with van der Waals surface area (Å²) in [4.78, 5) is 12.6. The summed E-state index contributed by atoms with van der Waals surface area (Å²) in [5, 5.41) is 55.4. The zero-order valence-electron chi connectivity index (χ0n) is 17.5. The maximum Gasteiger partial charge on any atom is 0.309 e. The number of carbonyl (C=O) groups excluding carboxylic acids is 1. The van der Waals surface area contributed by atoms with Gasteiger partial charge in [0.15, 0.2) is 0 Å². The van der Waals surface area contributed by atoms with E-state index < -0.39 is 46.1 Å². The molecular weight excluding hydrogens is 376 g/mol. The second kappa shape index (κ2) is 6.89. The topological polar surface area (TPSA) is 127 Å². The number of hydrogen-bond acceptors (Lipinski definition) is 7. The molecule has 0 amide bonds. The lowest BCUT2D eigenvalue weighted by molar-refractivity contribution is -0.293. The van der Waals surface area contributed by atoms with E-state index in [1.807, 2.05) is 6.92 Å². The molecule has 0 spiro atoms. The third-order valence-electron chi connectivity index (χ3n) is 9.45. The molecule has 4 aliphatic rings. The van der Waals surface area contributed by atoms with Gasteiger partial charge in [-0.05, 0) is 57.8 Å². The van der Waals surface area contributed by atoms with Gasteiger partial charge in [0, 0.05) is 23.2 Å². The van der Waals surface area contributed by atoms with Crippen molar-refractivity contribution < 1.29 is 35.1 Å². The smallest absolute Gasteiger partial charge is 0.309 e. The van der Waals surface area contributed by atoms with E-state index >= 15 is 0 Å². The second-order valence-electron chi connectivity index (χ2n) is 10.4. The van der Waals surface area contributed by atoms with Crippen LogP contribution in [0.15, 0.2) is 0 Å². The first-order valence-electron chi connectivity index (χ1n) is 11.2. The molecule has 9 atom stereocenters. The van der Waals surface area contributed by atoms with Crippen molar-refractivity contribution in [2.24, 2.45) is 28.6 Å². The lowest BCUT2D eigenvalue weighted by Gasteiger charge is -2.67. The first-order valence-corrected chi connectivity index (χ1v) is 11.2. The Kier molecular flexibility index (Phi) is 5.11. The molecule has 7 nitrogen and oxygen atoms in total. The van der Waals surface area contributed by atoms with Crippen LogP contribution < -0.4 is 0 Å². The highest BCUT2D eigenvalue weighted by atomic mass is 16.5. The molecule has 4 fully saturated rings. The van der Waals surface area contributed by atoms with E-state index in [9.17, 15) is 30.3 Å². The first kappa shape index (κ1) is 21.5. The molecule has 0 radical (unpaired) electrons. The third-order valence-corrected chi connectivity index (χ3v) is 9.45. The van der Waals surface area contributed by atoms with Crippen LogP contribution in [-0.2, 0) is 9.53 Å². The number of aliphatic hydroxyl groups is 5. The molecular formula is C22H36O7. The second-order valence-corrected chi connectivity index (χ2v) is 10.4. The van der Waals surface area contributed by atoms with Crippen molar-refractivity contribution in [3.63, 3.8) is 0 Å². The minimum Gasteiger partial charge on any atom is -0.466 e. The number of hydrogen-bond donors (Lipinski definition) is 5. The van der Waals surface area contributed by atoms with Gasteiger partial charge in [0.05, 0.1) is 42.5 Å². The molecule has 5 N–H and O–H groups in total. The summed E-state index contributed by atoms with van der Waals surface area (Å²) in [5.41, 5.74) is -4.17. The minimum atomic E-state index is -1.26. The molecule has 4 saturated carbocycles. The van der Waals surface area contributed by atoms with Crippen molar-refractivity contribution in [3.8, 4) is 0 Å². The zero-order valence-corrected chi connectivity index (χ0v) is 17.5. The van der Waals surface area contributed by atoms with E-state index in [-0.39, 0.29) is 37.9 Å². The van der Waals surface area contributed by atoms with Gasteiger partial charge in [-0.3, -0.25) is 4.79 Å². The Balaban J connectivity index is 1.74. The Morgan fingerprint density at radius 3 is 2.45 bits per heavy atom. The third kappa shape index (κ3) is 2.64. The Morgan fingerprint density at radius 1 is 1.07 bits per heavy atom. The van der Waals surface area contributed by atoms with Crippen LogP contribution in [-0.4, -0.2) is 68.1 Å². The fraction of sp³-hybridized carbons (Fsp3) is 0.955. The van der Waals surface area contributed by atoms with Gasteiger partial charge in [-0.15, -0.1) is 0 Å². The highest BCUT2D eigenvalue weighted by Gasteiger charge is 2.73. The molecule has 0 bridgehead atoms. The SMILES string of the molecule is CCOC(=O)[C@H]1CC[C@@]2(O)[C@@H]3CC[C@@]4(O)C[C@@H](O)CC[C@]4(CO)[C@H]3[C@H](O)C[C@]12C. The van der Waals surface area contributed by atoms with Crippen LogP contribution in [0, 0.1) is 28.6 Å². The van der Waals surface area contributed by atoms with E-state index in [1.165, 1.54) is 0 Å². The average Bonchev–Trinajstić information content (AvgIpc) is 2.92. The van der Waals surface area contributed by atoms with Crippen LogP contribution in [0.5, 0.6) is 0 Å². The standard InChI is InChI=1S/C22H36O7/c1-3-29-18(26)15-6-9-22(28)14-5-8-21(27)10-13(24)4-7-20(21,12-23)17(14)16(25)11-19(15,22)2/h13-17,23-25,27-28H,3-12H2,1-2H3/t13-,14+,15+,16+,17+,19+,20-,21+,22+/m0/s1. The number of fused-ring (bicyclic) bond motifs is 5. The maximum atomic E-state index is 12.6. The predicted molar refractivity (Wildman–Crippen MR) is 104 cm³/mol. The molecule has 4 aliphatic carbocycles. The summed E-state index contributed by atoms with van der Waals surface area (Å²) in [6.45, 7) is 3.64. The Labute approximate surface area is 172 Å². The summed E-state index contributed by atoms with van der Waals surface area (Å²) in [6, 6.07) is 0. The Morgan fingerprint density at radius 2 is 1.79 bits per heavy atom. The maximum absolute atomic E-state index is 12.6. The number of ether oxygens (including phenoxy) is 1. The average molecular weight is 413 g/mol. The number of aliphatic hydroxyl groups excluding tert-OH is 3. The molecule has 0 aliphatic heterocycles. The number of carbonyl (C=O) groups is 1. The van der Waals surface area contributed by atoms with Gasteiger partial charge in [-0.25, -0.2) is 0 Å². The fourth-order valence-corrected chi connectivity index (χ4v) is 8.02. The molecule has 29 heavy (non-hydrogen) atoms. The summed E-state index contributed by atoms with van der Waals surface area (Å²) < 4.78 is 5.27. The van der Waals surface area contributed by atoms with Gasteiger partial charge in [0.1, 0.15) is 0 Å². The van der Waals surface area contributed by atoms with Crippen molar-refractivity contribution in [2.75, 3.05) is 13.2 Å². The lowest BCUT2D eigenvalue weighted by atomic mass is 9.41. The van der Waals surface area contributed by atoms with Crippen LogP contribution >= 0.6 is 0 Å². The molecule has 0 unspecified atom stereocenters. The molecule has 0 saturated heterocycles. The van der Waals surface area contributed by atoms with Crippen molar-refractivity contribution in [3.05, 3.63) is 0 Å². The van der Waals surface area contributed by atoms with Crippen LogP contribution in [0.4, 0.5) is 0 Å².